The summed E-state index contributed by atoms with van der Waals surface area (Å²) in [5, 5.41) is 67.7. The first-order valence-electron chi connectivity index (χ1n) is 24.4. The predicted octanol–water partition coefficient (Wildman–Crippen LogP) is -5.11. The summed E-state index contributed by atoms with van der Waals surface area (Å²) < 4.78 is 24.7. The van der Waals surface area contributed by atoms with Gasteiger partial charge in [-0.25, -0.2) is 19.2 Å². The van der Waals surface area contributed by atoms with Crippen LogP contribution < -0.4 is 49.3 Å². The highest BCUT2D eigenvalue weighted by molar-refractivity contribution is 6.04. The first-order chi connectivity index (χ1) is 34.6. The molecule has 15 N–H and O–H groups in total. The number of guanidine groups is 1. The first-order valence-corrected chi connectivity index (χ1v) is 24.4. The van der Waals surface area contributed by atoms with Crippen molar-refractivity contribution in [2.24, 2.45) is 28.3 Å². The molecular weight excluding hydrogens is 969 g/mol. The Labute approximate surface area is 419 Å². The molecule has 0 radical (unpaired) electrons. The largest absolute Gasteiger partial charge is 0.480 e. The molecule has 1 aromatic rings. The van der Waals surface area contributed by atoms with E-state index in [0.717, 1.165) is 33.1 Å². The highest BCUT2D eigenvalue weighted by Crippen LogP contribution is 2.38. The molecule has 3 saturated heterocycles. The van der Waals surface area contributed by atoms with Gasteiger partial charge in [0.05, 0.1) is 12.1 Å². The van der Waals surface area contributed by atoms with E-state index in [1.807, 2.05) is 11.9 Å². The SMILES string of the molecule is CCCCCN1C(=O)C([C@@H](OC2O[C@H](CN)[C@H](O)[C@H]2OC)[C@H]2O[C@@H](n3ccc(=O)[nH]c3=O)[C@H](O)[C@@H]2O)N(CCCNC(=O)C(NC(=O)C(NC(=O)NC(C(=O)O)C(C)C)C2CCN=C(N)N2)C(O)C(C)C)C1=O. The normalized spacial score (nSPS) is 28.3. The maximum atomic E-state index is 14.6. The van der Waals surface area contributed by atoms with Crippen molar-refractivity contribution < 1.29 is 73.2 Å². The maximum Gasteiger partial charge on any atom is 0.330 e. The molecule has 5 rings (SSSR count). The third kappa shape index (κ3) is 13.7. The molecule has 15 atom stereocenters. The van der Waals surface area contributed by atoms with Crippen LogP contribution in [-0.4, -0.2) is 212 Å². The van der Waals surface area contributed by atoms with Crippen LogP contribution in [0.4, 0.5) is 9.59 Å². The van der Waals surface area contributed by atoms with Crippen molar-refractivity contribution in [3.8, 4) is 0 Å². The van der Waals surface area contributed by atoms with E-state index in [0.29, 0.717) is 12.8 Å². The zero-order valence-electron chi connectivity index (χ0n) is 41.6. The fourth-order valence-electron chi connectivity index (χ4n) is 9.07. The van der Waals surface area contributed by atoms with E-state index in [9.17, 15) is 63.9 Å². The lowest BCUT2D eigenvalue weighted by molar-refractivity contribution is -0.233. The predicted molar refractivity (Wildman–Crippen MR) is 254 cm³/mol. The van der Waals surface area contributed by atoms with E-state index < -0.39 is 150 Å². The van der Waals surface area contributed by atoms with Gasteiger partial charge < -0.3 is 87.4 Å². The third-order valence-corrected chi connectivity index (χ3v) is 13.2. The van der Waals surface area contributed by atoms with Crippen LogP contribution in [0.15, 0.2) is 26.8 Å². The van der Waals surface area contributed by atoms with Gasteiger partial charge in [-0.05, 0) is 31.1 Å². The summed E-state index contributed by atoms with van der Waals surface area (Å²) in [7, 11) is 1.25. The van der Waals surface area contributed by atoms with Crippen molar-refractivity contribution >= 4 is 41.7 Å². The lowest BCUT2D eigenvalue weighted by Crippen LogP contribution is -2.66. The molecule has 29 heteroatoms. The summed E-state index contributed by atoms with van der Waals surface area (Å²) in [6.07, 6.45) is -12.7. The molecule has 29 nitrogen and oxygen atoms in total. The molecule has 5 heterocycles. The Hall–Kier alpha value is -5.79. The molecule has 7 amide bonds. The summed E-state index contributed by atoms with van der Waals surface area (Å²) >= 11 is 0. The van der Waals surface area contributed by atoms with Crippen LogP contribution in [0.3, 0.4) is 0 Å². The van der Waals surface area contributed by atoms with Crippen molar-refractivity contribution in [2.75, 3.05) is 39.8 Å². The van der Waals surface area contributed by atoms with Crippen LogP contribution in [0.1, 0.15) is 73.0 Å². The molecule has 410 valence electrons. The number of aliphatic carboxylic acids is 1. The number of rotatable bonds is 25. The number of carbonyl (C=O) groups is 6. The molecule has 0 bridgehead atoms. The minimum Gasteiger partial charge on any atom is -0.480 e. The fraction of sp³-hybridized carbons (Fsp3) is 0.750. The van der Waals surface area contributed by atoms with Gasteiger partial charge in [-0.1, -0.05) is 47.5 Å². The molecular formula is C44H72N12O17. The number of aliphatic hydroxyl groups is 4. The van der Waals surface area contributed by atoms with Gasteiger partial charge >= 0.3 is 23.7 Å². The molecule has 4 aliphatic heterocycles. The number of H-pyrrole nitrogens is 1. The Kier molecular flexibility index (Phi) is 20.6. The van der Waals surface area contributed by atoms with E-state index in [-0.39, 0.29) is 51.5 Å². The number of nitrogens with zero attached hydrogens (tertiary/aromatic N) is 4. The van der Waals surface area contributed by atoms with E-state index in [4.69, 9.17) is 30.4 Å². The average molecular weight is 1040 g/mol. The molecule has 73 heavy (non-hydrogen) atoms. The smallest absolute Gasteiger partial charge is 0.330 e. The van der Waals surface area contributed by atoms with Crippen molar-refractivity contribution in [1.29, 1.82) is 0 Å². The number of imide groups is 1. The number of nitrogens with two attached hydrogens (primary N) is 2. The third-order valence-electron chi connectivity index (χ3n) is 13.2. The number of carboxylic acids is 1. The number of hydrogen-bond acceptors (Lipinski definition) is 20. The number of carboxylic acid groups (broad SMARTS) is 1. The number of hydrogen-bond donors (Lipinski definition) is 13. The average Bonchev–Trinajstić information content (AvgIpc) is 3.90. The second-order valence-electron chi connectivity index (χ2n) is 19.0. The minimum atomic E-state index is -1.92. The van der Waals surface area contributed by atoms with Gasteiger partial charge in [-0.3, -0.25) is 38.6 Å². The number of amides is 7. The quantitative estimate of drug-likeness (QED) is 0.0322. The fourth-order valence-corrected chi connectivity index (χ4v) is 9.07. The zero-order valence-corrected chi connectivity index (χ0v) is 41.6. The number of ether oxygens (including phenoxy) is 4. The van der Waals surface area contributed by atoms with E-state index in [1.54, 1.807) is 27.7 Å². The number of urea groups is 2. The Morgan fingerprint density at radius 1 is 0.932 bits per heavy atom. The second-order valence-corrected chi connectivity index (χ2v) is 19.0. The molecule has 3 fully saturated rings. The Morgan fingerprint density at radius 2 is 1.64 bits per heavy atom. The Bertz CT molecular complexity index is 2250. The van der Waals surface area contributed by atoms with Crippen molar-refractivity contribution in [3.63, 3.8) is 0 Å². The molecule has 1 aromatic heterocycles. The van der Waals surface area contributed by atoms with Gasteiger partial charge in [0.15, 0.2) is 18.5 Å². The van der Waals surface area contributed by atoms with Crippen molar-refractivity contribution in [2.45, 2.75) is 158 Å². The van der Waals surface area contributed by atoms with Crippen molar-refractivity contribution in [1.82, 2.24) is 45.9 Å². The number of unbranched alkanes of at least 4 members (excludes halogenated alkanes) is 2. The van der Waals surface area contributed by atoms with Crippen LogP contribution in [0.5, 0.6) is 0 Å². The summed E-state index contributed by atoms with van der Waals surface area (Å²) in [5.41, 5.74) is 9.98. The van der Waals surface area contributed by atoms with Gasteiger partial charge in [-0.15, -0.1) is 0 Å². The van der Waals surface area contributed by atoms with Gasteiger partial charge in [0.1, 0.15) is 66.9 Å². The highest BCUT2D eigenvalue weighted by Gasteiger charge is 2.59. The van der Waals surface area contributed by atoms with Crippen LogP contribution >= 0.6 is 0 Å². The van der Waals surface area contributed by atoms with Crippen LogP contribution in [0.25, 0.3) is 0 Å². The van der Waals surface area contributed by atoms with E-state index in [1.165, 1.54) is 7.11 Å². The number of aliphatic hydroxyl groups excluding tert-OH is 4. The van der Waals surface area contributed by atoms with Gasteiger partial charge in [0.2, 0.25) is 11.8 Å². The first kappa shape index (κ1) is 58.1. The number of aliphatic imine (C=N–C) groups is 1. The molecule has 0 saturated carbocycles. The number of methoxy groups -OCH3 is 1. The standard InChI is InChI=1S/C44H72N12O17/c1-7-8-9-15-55-37(64)27(32(73-40-34(70-6)29(59)22(18-45)71-40)33-30(60)31(61)38(72-33)56-17-12-23(57)50-43(56)68)54(44(55)69)16-10-13-47-35(62)26(28(58)20(4)5)51-36(63)25(21-11-14-48-41(46)49-21)53-42(67)52-24(19(2)3)39(65)66/h12,17,19-22,24-34,38,40,58-61H,7-11,13-16,18,45H2,1-6H3,(H,47,62)(H,51,63)(H,65,66)(H3,46,48,49)(H,50,57,68)(H2,52,53,67)/t21?,22-,24?,25?,26?,27?,28?,29+,30+,31-,32-,33+,34-,38-,40?/m1/s1. The van der Waals surface area contributed by atoms with Gasteiger partial charge in [0, 0.05) is 52.1 Å². The number of nitrogens with one attached hydrogen (secondary N) is 6. The number of aromatic nitrogens is 2. The van der Waals surface area contributed by atoms with Gasteiger partial charge in [-0.2, -0.15) is 0 Å². The van der Waals surface area contributed by atoms with Crippen LogP contribution in [0.2, 0.25) is 0 Å². The molecule has 7 unspecified atom stereocenters. The van der Waals surface area contributed by atoms with E-state index >= 15 is 0 Å². The highest BCUT2D eigenvalue weighted by atomic mass is 16.7. The van der Waals surface area contributed by atoms with Crippen molar-refractivity contribution in [3.05, 3.63) is 33.1 Å². The van der Waals surface area contributed by atoms with Crippen LogP contribution in [0, 0.1) is 11.8 Å². The maximum absolute atomic E-state index is 14.6. The minimum absolute atomic E-state index is 0.0394. The molecule has 4 aliphatic rings. The lowest BCUT2D eigenvalue weighted by atomic mass is 9.97. The monoisotopic (exact) mass is 1040 g/mol. The van der Waals surface area contributed by atoms with Gasteiger partial charge in [0.25, 0.3) is 11.5 Å². The molecule has 0 aromatic carbocycles. The number of carbonyl (C=O) groups excluding carboxylic acids is 5. The second kappa shape index (κ2) is 25.9. The molecule has 0 spiro atoms. The van der Waals surface area contributed by atoms with Crippen LogP contribution in [-0.2, 0) is 38.1 Å². The topological polar surface area (TPSA) is 426 Å². The Balaban J connectivity index is 1.41. The molecule has 0 aliphatic carbocycles. The Morgan fingerprint density at radius 3 is 2.25 bits per heavy atom. The van der Waals surface area contributed by atoms with E-state index in [2.05, 4.69) is 31.6 Å². The zero-order chi connectivity index (χ0) is 54.0. The lowest BCUT2D eigenvalue weighted by Gasteiger charge is -2.36. The summed E-state index contributed by atoms with van der Waals surface area (Å²) in [5.74, 6) is -5.16. The number of aromatic amines is 1. The summed E-state index contributed by atoms with van der Waals surface area (Å²) in [6.45, 7) is 7.63. The summed E-state index contributed by atoms with van der Waals surface area (Å²) in [6, 6.07) is -7.83. The summed E-state index contributed by atoms with van der Waals surface area (Å²) in [4.78, 5) is 115.